The van der Waals surface area contributed by atoms with Gasteiger partial charge in [0.15, 0.2) is 5.82 Å². The highest BCUT2D eigenvalue weighted by Crippen LogP contribution is 2.42. The van der Waals surface area contributed by atoms with Crippen molar-refractivity contribution in [2.45, 2.75) is 32.2 Å². The van der Waals surface area contributed by atoms with Crippen LogP contribution in [0.4, 0.5) is 0 Å². The summed E-state index contributed by atoms with van der Waals surface area (Å²) in [5.74, 6) is 1.03. The molecule has 7 heteroatoms. The van der Waals surface area contributed by atoms with Crippen molar-refractivity contribution in [2.75, 3.05) is 13.1 Å². The molecule has 1 atom stereocenters. The van der Waals surface area contributed by atoms with Gasteiger partial charge < -0.3 is 5.11 Å². The average Bonchev–Trinajstić information content (AvgIpc) is 3.28. The Bertz CT molecular complexity index is 771. The lowest BCUT2D eigenvalue weighted by Gasteiger charge is -2.25. The van der Waals surface area contributed by atoms with E-state index in [2.05, 4.69) is 32.5 Å². The largest absolute Gasteiger partial charge is 0.492 e. The van der Waals surface area contributed by atoms with E-state index < -0.39 is 0 Å². The smallest absolute Gasteiger partial charge is 0.230 e. The van der Waals surface area contributed by atoms with Gasteiger partial charge in [0, 0.05) is 11.3 Å². The summed E-state index contributed by atoms with van der Waals surface area (Å²) >= 11 is 3.30. The predicted molar refractivity (Wildman–Crippen MR) is 88.9 cm³/mol. The average molecular weight is 334 g/mol. The third-order valence-corrected chi connectivity index (χ3v) is 6.12. The Hall–Kier alpha value is -1.44. The molecule has 0 aliphatic carbocycles. The van der Waals surface area contributed by atoms with Crippen molar-refractivity contribution in [1.82, 2.24) is 19.5 Å². The van der Waals surface area contributed by atoms with Crippen LogP contribution in [-0.4, -0.2) is 37.7 Å². The predicted octanol–water partition coefficient (Wildman–Crippen LogP) is 3.31. The van der Waals surface area contributed by atoms with Gasteiger partial charge in [0.25, 0.3) is 0 Å². The van der Waals surface area contributed by atoms with E-state index in [9.17, 15) is 5.11 Å². The first-order valence-corrected chi connectivity index (χ1v) is 9.32. The van der Waals surface area contributed by atoms with Crippen LogP contribution in [0.5, 0.6) is 5.88 Å². The number of fused-ring (bicyclic) bond motifs is 1. The quantitative estimate of drug-likeness (QED) is 0.795. The number of likely N-dealkylation sites (tertiary alicyclic amines) is 1. The molecule has 4 heterocycles. The van der Waals surface area contributed by atoms with E-state index in [1.54, 1.807) is 27.2 Å². The third kappa shape index (κ3) is 2.24. The second-order valence-electron chi connectivity index (χ2n) is 5.53. The Morgan fingerprint density at radius 3 is 2.82 bits per heavy atom. The van der Waals surface area contributed by atoms with E-state index in [-0.39, 0.29) is 11.9 Å². The standard InChI is InChI=1S/C15H18N4OS2/c1-2-11-16-15-19(17-11)14(20)13(22-15)12(10-6-5-9-21-10)18-7-3-4-8-18/h5-6,9,12,20H,2-4,7-8H2,1H3/t12-/m1/s1. The summed E-state index contributed by atoms with van der Waals surface area (Å²) < 4.78 is 1.59. The van der Waals surface area contributed by atoms with Crippen LogP contribution in [0.1, 0.15) is 41.4 Å². The molecule has 0 spiro atoms. The summed E-state index contributed by atoms with van der Waals surface area (Å²) in [6, 6.07) is 4.35. The van der Waals surface area contributed by atoms with Gasteiger partial charge in [-0.15, -0.1) is 16.4 Å². The summed E-state index contributed by atoms with van der Waals surface area (Å²) in [6.45, 7) is 4.18. The maximum absolute atomic E-state index is 10.7. The van der Waals surface area contributed by atoms with Crippen LogP contribution < -0.4 is 0 Å². The molecule has 22 heavy (non-hydrogen) atoms. The van der Waals surface area contributed by atoms with Gasteiger partial charge in [0.05, 0.1) is 10.9 Å². The molecule has 5 nitrogen and oxygen atoms in total. The van der Waals surface area contributed by atoms with Gasteiger partial charge in [-0.1, -0.05) is 24.3 Å². The molecule has 1 saturated heterocycles. The molecule has 0 radical (unpaired) electrons. The number of thiazole rings is 1. The molecular weight excluding hydrogens is 316 g/mol. The van der Waals surface area contributed by atoms with Gasteiger partial charge in [-0.05, 0) is 37.4 Å². The fourth-order valence-electron chi connectivity index (χ4n) is 3.04. The molecule has 1 aliphatic rings. The molecule has 0 aromatic carbocycles. The molecule has 0 amide bonds. The number of aryl methyl sites for hydroxylation is 1. The number of hydrogen-bond acceptors (Lipinski definition) is 6. The zero-order valence-electron chi connectivity index (χ0n) is 12.4. The lowest BCUT2D eigenvalue weighted by molar-refractivity contribution is 0.280. The van der Waals surface area contributed by atoms with E-state index >= 15 is 0 Å². The van der Waals surface area contributed by atoms with E-state index in [1.807, 2.05) is 6.92 Å². The molecule has 116 valence electrons. The Morgan fingerprint density at radius 1 is 1.36 bits per heavy atom. The zero-order chi connectivity index (χ0) is 15.1. The van der Waals surface area contributed by atoms with Crippen LogP contribution in [0, 0.1) is 0 Å². The van der Waals surface area contributed by atoms with Crippen LogP contribution in [0.25, 0.3) is 4.96 Å². The van der Waals surface area contributed by atoms with Crippen LogP contribution in [0.2, 0.25) is 0 Å². The molecular formula is C15H18N4OS2. The third-order valence-electron chi connectivity index (χ3n) is 4.13. The lowest BCUT2D eigenvalue weighted by atomic mass is 10.2. The SMILES string of the molecule is CCc1nc2sc([C@@H](c3cccs3)N3CCCC3)c(O)n2n1. The highest BCUT2D eigenvalue weighted by molar-refractivity contribution is 7.17. The Labute approximate surface area is 136 Å². The summed E-state index contributed by atoms with van der Waals surface area (Å²) in [5, 5.41) is 17.2. The van der Waals surface area contributed by atoms with Crippen molar-refractivity contribution in [3.05, 3.63) is 33.1 Å². The minimum atomic E-state index is 0.126. The topological polar surface area (TPSA) is 53.7 Å². The molecule has 0 saturated carbocycles. The number of thiophene rings is 1. The van der Waals surface area contributed by atoms with Gasteiger partial charge >= 0.3 is 0 Å². The summed E-state index contributed by atoms with van der Waals surface area (Å²) in [4.78, 5) is 9.97. The van der Waals surface area contributed by atoms with Crippen molar-refractivity contribution in [3.8, 4) is 5.88 Å². The minimum Gasteiger partial charge on any atom is -0.492 e. The van der Waals surface area contributed by atoms with Crippen molar-refractivity contribution in [2.24, 2.45) is 0 Å². The Morgan fingerprint density at radius 2 is 2.18 bits per heavy atom. The lowest BCUT2D eigenvalue weighted by Crippen LogP contribution is -2.25. The van der Waals surface area contributed by atoms with Gasteiger partial charge in [0.1, 0.15) is 0 Å². The molecule has 1 aliphatic heterocycles. The van der Waals surface area contributed by atoms with Crippen molar-refractivity contribution in [1.29, 1.82) is 0 Å². The minimum absolute atomic E-state index is 0.126. The Kier molecular flexibility index (Phi) is 3.63. The van der Waals surface area contributed by atoms with Crippen molar-refractivity contribution < 1.29 is 5.11 Å². The normalized spacial score (nSPS) is 17.5. The molecule has 0 unspecified atom stereocenters. The number of aromatic nitrogens is 3. The van der Waals surface area contributed by atoms with Gasteiger partial charge in [0.2, 0.25) is 10.8 Å². The first kappa shape index (κ1) is 14.2. The van der Waals surface area contributed by atoms with Crippen molar-refractivity contribution >= 4 is 27.6 Å². The molecule has 0 bridgehead atoms. The molecule has 4 rings (SSSR count). The maximum atomic E-state index is 10.7. The van der Waals surface area contributed by atoms with E-state index in [0.717, 1.165) is 35.2 Å². The fraction of sp³-hybridized carbons (Fsp3) is 0.467. The summed E-state index contributed by atoms with van der Waals surface area (Å²) in [5.41, 5.74) is 0. The molecule has 1 N–H and O–H groups in total. The highest BCUT2D eigenvalue weighted by Gasteiger charge is 2.31. The van der Waals surface area contributed by atoms with Crippen LogP contribution in [0.3, 0.4) is 0 Å². The van der Waals surface area contributed by atoms with Crippen molar-refractivity contribution in [3.63, 3.8) is 0 Å². The second-order valence-corrected chi connectivity index (χ2v) is 7.52. The van der Waals surface area contributed by atoms with Crippen LogP contribution >= 0.6 is 22.7 Å². The van der Waals surface area contributed by atoms with E-state index in [1.165, 1.54) is 17.7 Å². The molecule has 1 fully saturated rings. The first-order chi connectivity index (χ1) is 10.8. The van der Waals surface area contributed by atoms with Crippen LogP contribution in [-0.2, 0) is 6.42 Å². The number of rotatable bonds is 4. The number of nitrogens with zero attached hydrogens (tertiary/aromatic N) is 4. The van der Waals surface area contributed by atoms with E-state index in [4.69, 9.17) is 0 Å². The monoisotopic (exact) mass is 334 g/mol. The Balaban J connectivity index is 1.81. The number of aromatic hydroxyl groups is 1. The highest BCUT2D eigenvalue weighted by atomic mass is 32.1. The molecule has 3 aromatic heterocycles. The van der Waals surface area contributed by atoms with E-state index in [0.29, 0.717) is 0 Å². The van der Waals surface area contributed by atoms with Gasteiger partial charge in [-0.3, -0.25) is 4.90 Å². The second kappa shape index (κ2) is 5.64. The fourth-order valence-corrected chi connectivity index (χ4v) is 5.11. The number of hydrogen-bond donors (Lipinski definition) is 1. The zero-order valence-corrected chi connectivity index (χ0v) is 14.0. The molecule has 3 aromatic rings. The summed E-state index contributed by atoms with van der Waals surface area (Å²) in [7, 11) is 0. The van der Waals surface area contributed by atoms with Crippen LogP contribution in [0.15, 0.2) is 17.5 Å². The van der Waals surface area contributed by atoms with Gasteiger partial charge in [-0.25, -0.2) is 4.98 Å². The van der Waals surface area contributed by atoms with Gasteiger partial charge in [-0.2, -0.15) is 4.52 Å². The maximum Gasteiger partial charge on any atom is 0.230 e. The first-order valence-electron chi connectivity index (χ1n) is 7.62. The summed E-state index contributed by atoms with van der Waals surface area (Å²) in [6.07, 6.45) is 3.23.